The first-order valence-electron chi connectivity index (χ1n) is 2.35. The molecular formula is C6H9F. The molecule has 0 saturated heterocycles. The Morgan fingerprint density at radius 1 is 1.86 bits per heavy atom. The molecule has 0 aliphatic rings. The summed E-state index contributed by atoms with van der Waals surface area (Å²) in [6, 6.07) is 0. The molecule has 0 rings (SSSR count). The Morgan fingerprint density at radius 2 is 2.43 bits per heavy atom. The van der Waals surface area contributed by atoms with E-state index in [9.17, 15) is 4.39 Å². The number of hydrogen-bond acceptors (Lipinski definition) is 0. The molecule has 40 valence electrons. The van der Waals surface area contributed by atoms with Crippen LogP contribution < -0.4 is 0 Å². The van der Waals surface area contributed by atoms with E-state index in [1.54, 1.807) is 0 Å². The van der Waals surface area contributed by atoms with Crippen LogP contribution in [-0.4, -0.2) is 6.17 Å². The van der Waals surface area contributed by atoms with Crippen molar-refractivity contribution in [1.29, 1.82) is 0 Å². The molecule has 0 radical (unpaired) electrons. The van der Waals surface area contributed by atoms with Crippen LogP contribution in [-0.2, 0) is 0 Å². The van der Waals surface area contributed by atoms with Crippen LogP contribution >= 0.6 is 0 Å². The summed E-state index contributed by atoms with van der Waals surface area (Å²) in [5, 5.41) is 0. The van der Waals surface area contributed by atoms with Crippen LogP contribution in [0.2, 0.25) is 0 Å². The maximum absolute atomic E-state index is 11.8. The molecule has 7 heavy (non-hydrogen) atoms. The Labute approximate surface area is 43.7 Å². The molecule has 0 aromatic rings. The number of hydrogen-bond donors (Lipinski definition) is 0. The first-order chi connectivity index (χ1) is 3.27. The highest BCUT2D eigenvalue weighted by Gasteiger charge is 1.92. The van der Waals surface area contributed by atoms with Crippen LogP contribution in [0.25, 0.3) is 0 Å². The fourth-order valence-electron chi connectivity index (χ4n) is 0.282. The Kier molecular flexibility index (Phi) is 3.40. The van der Waals surface area contributed by atoms with E-state index >= 15 is 0 Å². The average molecular weight is 100 g/mol. The van der Waals surface area contributed by atoms with Crippen molar-refractivity contribution in [2.75, 3.05) is 0 Å². The van der Waals surface area contributed by atoms with Gasteiger partial charge in [0.25, 0.3) is 0 Å². The fourth-order valence-corrected chi connectivity index (χ4v) is 0.282. The molecule has 0 saturated carbocycles. The topological polar surface area (TPSA) is 0 Å². The first kappa shape index (κ1) is 6.49. The normalized spacial score (nSPS) is 12.7. The molecular weight excluding hydrogens is 91.1 g/mol. The Morgan fingerprint density at radius 3 is 2.57 bits per heavy atom. The molecule has 1 heteroatoms. The molecule has 0 aliphatic carbocycles. The quantitative estimate of drug-likeness (QED) is 0.464. The van der Waals surface area contributed by atoms with Gasteiger partial charge in [-0.3, -0.25) is 0 Å². The van der Waals surface area contributed by atoms with Crippen molar-refractivity contribution < 1.29 is 4.39 Å². The summed E-state index contributed by atoms with van der Waals surface area (Å²) in [5.74, 6) is 2.36. The van der Waals surface area contributed by atoms with E-state index in [1.165, 1.54) is 6.92 Å². The minimum Gasteiger partial charge on any atom is -0.248 e. The molecule has 0 aliphatic heterocycles. The van der Waals surface area contributed by atoms with Crippen LogP contribution in [0, 0.1) is 12.3 Å². The van der Waals surface area contributed by atoms with E-state index in [2.05, 4.69) is 5.92 Å². The molecule has 0 N–H and O–H groups in total. The Hall–Kier alpha value is -0.510. The molecule has 1 unspecified atom stereocenters. The second-order valence-electron chi connectivity index (χ2n) is 1.52. The lowest BCUT2D eigenvalue weighted by Gasteiger charge is -1.91. The third-order valence-electron chi connectivity index (χ3n) is 0.686. The second-order valence-corrected chi connectivity index (χ2v) is 1.52. The van der Waals surface area contributed by atoms with E-state index in [0.717, 1.165) is 0 Å². The van der Waals surface area contributed by atoms with Gasteiger partial charge in [-0.2, -0.15) is 0 Å². The smallest absolute Gasteiger partial charge is 0.0982 e. The van der Waals surface area contributed by atoms with Gasteiger partial charge in [0.15, 0.2) is 0 Å². The van der Waals surface area contributed by atoms with Crippen molar-refractivity contribution in [2.24, 2.45) is 0 Å². The van der Waals surface area contributed by atoms with E-state index in [-0.39, 0.29) is 0 Å². The minimum atomic E-state index is -0.740. The van der Waals surface area contributed by atoms with Crippen LogP contribution in [0.4, 0.5) is 4.39 Å². The van der Waals surface area contributed by atoms with Crippen molar-refractivity contribution >= 4 is 0 Å². The summed E-state index contributed by atoms with van der Waals surface area (Å²) in [6.45, 7) is 1.51. The highest BCUT2D eigenvalue weighted by atomic mass is 19.1. The standard InChI is InChI=1S/C6H9F/c1-3-4-5-6(2)7/h1,6H,4-5H2,2H3. The van der Waals surface area contributed by atoms with Crippen LogP contribution in [0.3, 0.4) is 0 Å². The largest absolute Gasteiger partial charge is 0.248 e. The van der Waals surface area contributed by atoms with Gasteiger partial charge in [-0.1, -0.05) is 0 Å². The maximum atomic E-state index is 11.8. The summed E-state index contributed by atoms with van der Waals surface area (Å²) in [5.41, 5.74) is 0. The van der Waals surface area contributed by atoms with Gasteiger partial charge in [0.2, 0.25) is 0 Å². The van der Waals surface area contributed by atoms with Gasteiger partial charge in [-0.15, -0.1) is 12.3 Å². The van der Waals surface area contributed by atoms with Gasteiger partial charge in [-0.25, -0.2) is 4.39 Å². The second kappa shape index (κ2) is 3.67. The molecule has 0 spiro atoms. The van der Waals surface area contributed by atoms with Crippen molar-refractivity contribution in [3.63, 3.8) is 0 Å². The Bertz CT molecular complexity index is 68.7. The highest BCUT2D eigenvalue weighted by Crippen LogP contribution is 1.97. The van der Waals surface area contributed by atoms with Crippen LogP contribution in [0.1, 0.15) is 19.8 Å². The van der Waals surface area contributed by atoms with Crippen molar-refractivity contribution in [2.45, 2.75) is 25.9 Å². The van der Waals surface area contributed by atoms with E-state index < -0.39 is 6.17 Å². The molecule has 0 fully saturated rings. The van der Waals surface area contributed by atoms with Gasteiger partial charge >= 0.3 is 0 Å². The lowest BCUT2D eigenvalue weighted by atomic mass is 10.2. The summed E-state index contributed by atoms with van der Waals surface area (Å²) in [4.78, 5) is 0. The first-order valence-corrected chi connectivity index (χ1v) is 2.35. The monoisotopic (exact) mass is 100 g/mol. The van der Waals surface area contributed by atoms with Crippen LogP contribution in [0.15, 0.2) is 0 Å². The highest BCUT2D eigenvalue weighted by molar-refractivity contribution is 4.83. The van der Waals surface area contributed by atoms with Crippen molar-refractivity contribution in [1.82, 2.24) is 0 Å². The predicted octanol–water partition coefficient (Wildman–Crippen LogP) is 1.76. The molecule has 0 nitrogen and oxygen atoms in total. The molecule has 0 aromatic heterocycles. The molecule has 0 aromatic carbocycles. The third kappa shape index (κ3) is 5.49. The predicted molar refractivity (Wildman–Crippen MR) is 28.6 cm³/mol. The Balaban J connectivity index is 2.86. The molecule has 1 atom stereocenters. The third-order valence-corrected chi connectivity index (χ3v) is 0.686. The van der Waals surface area contributed by atoms with Gasteiger partial charge in [0, 0.05) is 6.42 Å². The lowest BCUT2D eigenvalue weighted by Crippen LogP contribution is -1.88. The van der Waals surface area contributed by atoms with E-state index in [0.29, 0.717) is 12.8 Å². The number of rotatable bonds is 2. The molecule has 0 amide bonds. The SMILES string of the molecule is C#CCCC(C)F. The van der Waals surface area contributed by atoms with Gasteiger partial charge in [-0.05, 0) is 13.3 Å². The number of halogens is 1. The van der Waals surface area contributed by atoms with Crippen molar-refractivity contribution in [3.05, 3.63) is 0 Å². The molecule has 0 heterocycles. The zero-order valence-corrected chi connectivity index (χ0v) is 4.45. The zero-order valence-electron chi connectivity index (χ0n) is 4.45. The average Bonchev–Trinajstić information content (AvgIpc) is 1.61. The number of terminal acetylenes is 1. The van der Waals surface area contributed by atoms with Gasteiger partial charge < -0.3 is 0 Å². The van der Waals surface area contributed by atoms with E-state index in [1.807, 2.05) is 0 Å². The van der Waals surface area contributed by atoms with Crippen LogP contribution in [0.5, 0.6) is 0 Å². The summed E-state index contributed by atoms with van der Waals surface area (Å²) < 4.78 is 11.8. The lowest BCUT2D eigenvalue weighted by molar-refractivity contribution is 0.345. The minimum absolute atomic E-state index is 0.497. The zero-order chi connectivity index (χ0) is 5.70. The molecule has 0 bridgehead atoms. The maximum Gasteiger partial charge on any atom is 0.0982 e. The number of alkyl halides is 1. The van der Waals surface area contributed by atoms with E-state index in [4.69, 9.17) is 6.42 Å². The van der Waals surface area contributed by atoms with Gasteiger partial charge in [0.1, 0.15) is 0 Å². The summed E-state index contributed by atoms with van der Waals surface area (Å²) in [6.07, 6.45) is 5.17. The summed E-state index contributed by atoms with van der Waals surface area (Å²) in [7, 11) is 0. The fraction of sp³-hybridized carbons (Fsp3) is 0.667. The van der Waals surface area contributed by atoms with Gasteiger partial charge in [0.05, 0.1) is 6.17 Å². The van der Waals surface area contributed by atoms with Crippen molar-refractivity contribution in [3.8, 4) is 12.3 Å². The summed E-state index contributed by atoms with van der Waals surface area (Å²) >= 11 is 0.